The van der Waals surface area contributed by atoms with Gasteiger partial charge in [0.1, 0.15) is 5.69 Å². The Morgan fingerprint density at radius 1 is 1.50 bits per heavy atom. The van der Waals surface area contributed by atoms with Gasteiger partial charge in [0.15, 0.2) is 17.3 Å². The van der Waals surface area contributed by atoms with Crippen LogP contribution in [-0.4, -0.2) is 67.1 Å². The number of alkyl halides is 1. The summed E-state index contributed by atoms with van der Waals surface area (Å²) in [5, 5.41) is 11.6. The summed E-state index contributed by atoms with van der Waals surface area (Å²) in [7, 11) is -4.20. The third-order valence-corrected chi connectivity index (χ3v) is 4.40. The number of guanidine groups is 1. The Kier molecular flexibility index (Phi) is 5.83. The van der Waals surface area contributed by atoms with Crippen LogP contribution in [0.3, 0.4) is 0 Å². The van der Waals surface area contributed by atoms with Crippen molar-refractivity contribution in [2.24, 2.45) is 10.7 Å². The Morgan fingerprint density at radius 2 is 2.21 bits per heavy atom. The number of imidazole rings is 1. The van der Waals surface area contributed by atoms with Gasteiger partial charge in [0.2, 0.25) is 0 Å². The number of aromatic nitrogens is 2. The maximum atomic E-state index is 11.0. The lowest BCUT2D eigenvalue weighted by Crippen LogP contribution is -2.36. The number of aliphatic imine (C=N–C) groups is 1. The first-order valence-corrected chi connectivity index (χ1v) is 9.17. The molecule has 0 aromatic carbocycles. The molecule has 1 atom stereocenters. The number of carbonyl (C=O) groups is 1. The molecule has 2 heterocycles. The molecule has 0 saturated heterocycles. The standard InChI is InChI=1S/C11H18ClN6O5P/c12-9-8-10(16-11(13)15-9)18(6-14-8)2-1-17(5-7(19)20)3-4-24(21,22)23/h6,9H,1-5H2,(H,19,20)(H3,13,15,16)(H2,21,22,23). The smallest absolute Gasteiger partial charge is 0.326 e. The molecule has 134 valence electrons. The number of nitrogens with one attached hydrogen (secondary N) is 1. The predicted molar refractivity (Wildman–Crippen MR) is 86.2 cm³/mol. The van der Waals surface area contributed by atoms with Gasteiger partial charge in [0.25, 0.3) is 0 Å². The highest BCUT2D eigenvalue weighted by molar-refractivity contribution is 7.51. The van der Waals surface area contributed by atoms with E-state index in [1.807, 2.05) is 0 Å². The predicted octanol–water partition coefficient (Wildman–Crippen LogP) is -0.766. The quantitative estimate of drug-likeness (QED) is 0.221. The van der Waals surface area contributed by atoms with Crippen molar-refractivity contribution in [3.05, 3.63) is 12.0 Å². The number of aliphatic carboxylic acids is 1. The molecule has 1 aromatic rings. The Bertz CT molecular complexity index is 688. The van der Waals surface area contributed by atoms with E-state index in [4.69, 9.17) is 32.2 Å². The number of halogens is 1. The van der Waals surface area contributed by atoms with Crippen molar-refractivity contribution in [2.75, 3.05) is 25.8 Å². The van der Waals surface area contributed by atoms with Crippen LogP contribution in [0.2, 0.25) is 0 Å². The Hall–Kier alpha value is -1.65. The van der Waals surface area contributed by atoms with Crippen molar-refractivity contribution < 1.29 is 24.3 Å². The maximum absolute atomic E-state index is 11.0. The van der Waals surface area contributed by atoms with Gasteiger partial charge < -0.3 is 30.5 Å². The summed E-state index contributed by atoms with van der Waals surface area (Å²) in [5.41, 5.74) is 5.52. The van der Waals surface area contributed by atoms with Crippen LogP contribution in [0.15, 0.2) is 11.3 Å². The molecule has 0 fully saturated rings. The van der Waals surface area contributed by atoms with Crippen molar-refractivity contribution in [1.82, 2.24) is 19.8 Å². The fourth-order valence-corrected chi connectivity index (χ4v) is 2.99. The topological polar surface area (TPSA) is 166 Å². The lowest BCUT2D eigenvalue weighted by Gasteiger charge is -2.22. The number of fused-ring (bicyclic) bond motifs is 1. The van der Waals surface area contributed by atoms with E-state index in [-0.39, 0.29) is 25.6 Å². The third-order valence-electron chi connectivity index (χ3n) is 3.30. The summed E-state index contributed by atoms with van der Waals surface area (Å²) in [6.45, 7) is 0.183. The zero-order chi connectivity index (χ0) is 17.9. The van der Waals surface area contributed by atoms with E-state index < -0.39 is 25.2 Å². The number of hydrogen-bond donors (Lipinski definition) is 5. The maximum Gasteiger partial charge on any atom is 0.326 e. The molecule has 0 aliphatic carbocycles. The highest BCUT2D eigenvalue weighted by Crippen LogP contribution is 2.33. The van der Waals surface area contributed by atoms with Crippen LogP contribution < -0.4 is 11.1 Å². The summed E-state index contributed by atoms with van der Waals surface area (Å²) < 4.78 is 12.6. The van der Waals surface area contributed by atoms with E-state index in [2.05, 4.69) is 15.3 Å². The van der Waals surface area contributed by atoms with Crippen molar-refractivity contribution in [2.45, 2.75) is 12.0 Å². The number of nitrogens with zero attached hydrogens (tertiary/aromatic N) is 4. The SMILES string of the molecule is NC1=Nc2c(ncn2CCN(CCP(=O)(O)O)CC(=O)O)C(Cl)N1. The molecule has 6 N–H and O–H groups in total. The molecular weight excluding hydrogens is 363 g/mol. The van der Waals surface area contributed by atoms with Gasteiger partial charge in [-0.05, 0) is 0 Å². The Labute approximate surface area is 142 Å². The van der Waals surface area contributed by atoms with Crippen molar-refractivity contribution in [3.63, 3.8) is 0 Å². The van der Waals surface area contributed by atoms with Gasteiger partial charge in [-0.3, -0.25) is 14.3 Å². The molecule has 24 heavy (non-hydrogen) atoms. The minimum Gasteiger partial charge on any atom is -0.480 e. The molecule has 1 unspecified atom stereocenters. The second kappa shape index (κ2) is 7.49. The summed E-state index contributed by atoms with van der Waals surface area (Å²) in [4.78, 5) is 38.5. The molecule has 0 bridgehead atoms. The van der Waals surface area contributed by atoms with Gasteiger partial charge in [-0.1, -0.05) is 11.6 Å². The first-order chi connectivity index (χ1) is 11.2. The second-order valence-corrected chi connectivity index (χ2v) is 7.42. The van der Waals surface area contributed by atoms with Gasteiger partial charge in [-0.25, -0.2) is 4.98 Å². The average molecular weight is 381 g/mol. The average Bonchev–Trinajstić information content (AvgIpc) is 2.84. The minimum atomic E-state index is -4.20. The van der Waals surface area contributed by atoms with Gasteiger partial charge in [-0.15, -0.1) is 0 Å². The zero-order valence-corrected chi connectivity index (χ0v) is 14.2. The summed E-state index contributed by atoms with van der Waals surface area (Å²) in [5.74, 6) is -0.467. The van der Waals surface area contributed by atoms with Gasteiger partial charge >= 0.3 is 13.6 Å². The molecular formula is C11H18ClN6O5P. The number of hydrogen-bond acceptors (Lipinski definition) is 7. The van der Waals surface area contributed by atoms with Crippen LogP contribution in [0.1, 0.15) is 11.2 Å². The summed E-state index contributed by atoms with van der Waals surface area (Å²) >= 11 is 6.06. The van der Waals surface area contributed by atoms with Crippen molar-refractivity contribution in [1.29, 1.82) is 0 Å². The largest absolute Gasteiger partial charge is 0.480 e. The Morgan fingerprint density at radius 3 is 2.83 bits per heavy atom. The van der Waals surface area contributed by atoms with Crippen LogP contribution in [0, 0.1) is 0 Å². The summed E-state index contributed by atoms with van der Waals surface area (Å²) in [6, 6.07) is 0. The molecule has 1 aliphatic heterocycles. The van der Waals surface area contributed by atoms with Crippen LogP contribution in [0.4, 0.5) is 5.82 Å². The number of nitrogens with two attached hydrogens (primary N) is 1. The lowest BCUT2D eigenvalue weighted by molar-refractivity contribution is -0.138. The van der Waals surface area contributed by atoms with Crippen LogP contribution in [0.25, 0.3) is 0 Å². The molecule has 1 aliphatic rings. The van der Waals surface area contributed by atoms with Gasteiger partial charge in [0.05, 0.1) is 19.0 Å². The fourth-order valence-electron chi connectivity index (χ4n) is 2.18. The molecule has 2 rings (SSSR count). The fraction of sp³-hybridized carbons (Fsp3) is 0.545. The van der Waals surface area contributed by atoms with Crippen LogP contribution in [0.5, 0.6) is 0 Å². The van der Waals surface area contributed by atoms with Crippen molar-refractivity contribution >= 4 is 36.9 Å². The highest BCUT2D eigenvalue weighted by Gasteiger charge is 2.24. The number of rotatable bonds is 8. The number of carboxylic acid groups (broad SMARTS) is 1. The first kappa shape index (κ1) is 18.7. The molecule has 0 amide bonds. The normalized spacial score (nSPS) is 17.3. The van der Waals surface area contributed by atoms with E-state index in [1.54, 1.807) is 4.57 Å². The first-order valence-electron chi connectivity index (χ1n) is 6.94. The van der Waals surface area contributed by atoms with Gasteiger partial charge in [-0.2, -0.15) is 4.99 Å². The highest BCUT2D eigenvalue weighted by atomic mass is 35.5. The minimum absolute atomic E-state index is 0.0431. The molecule has 0 spiro atoms. The summed E-state index contributed by atoms with van der Waals surface area (Å²) in [6.07, 6.45) is 1.09. The zero-order valence-electron chi connectivity index (χ0n) is 12.5. The van der Waals surface area contributed by atoms with E-state index in [9.17, 15) is 9.36 Å². The monoisotopic (exact) mass is 380 g/mol. The molecule has 0 saturated carbocycles. The van der Waals surface area contributed by atoms with Crippen molar-refractivity contribution in [3.8, 4) is 0 Å². The van der Waals surface area contributed by atoms with E-state index >= 15 is 0 Å². The second-order valence-electron chi connectivity index (χ2n) is 5.21. The van der Waals surface area contributed by atoms with E-state index in [0.29, 0.717) is 18.1 Å². The third kappa shape index (κ3) is 5.18. The molecule has 1 aromatic heterocycles. The van der Waals surface area contributed by atoms with Crippen LogP contribution in [-0.2, 0) is 15.9 Å². The van der Waals surface area contributed by atoms with Gasteiger partial charge in [0, 0.05) is 19.6 Å². The molecule has 11 nitrogen and oxygen atoms in total. The van der Waals surface area contributed by atoms with E-state index in [1.165, 1.54) is 11.2 Å². The lowest BCUT2D eigenvalue weighted by atomic mass is 10.3. The van der Waals surface area contributed by atoms with E-state index in [0.717, 1.165) is 0 Å². The number of carboxylic acids is 1. The Balaban J connectivity index is 2.04. The van der Waals surface area contributed by atoms with Crippen LogP contribution >= 0.6 is 19.2 Å². The molecule has 0 radical (unpaired) electrons. The molecule has 13 heteroatoms.